The predicted octanol–water partition coefficient (Wildman–Crippen LogP) is 6.22. The van der Waals surface area contributed by atoms with E-state index in [1.54, 1.807) is 44.4 Å². The second kappa shape index (κ2) is 16.3. The van der Waals surface area contributed by atoms with Gasteiger partial charge in [-0.3, -0.25) is 14.4 Å². The summed E-state index contributed by atoms with van der Waals surface area (Å²) in [6.45, 7) is 3.10. The van der Waals surface area contributed by atoms with Crippen molar-refractivity contribution in [3.05, 3.63) is 67.6 Å². The molecule has 0 aromatic heterocycles. The zero-order valence-corrected chi connectivity index (χ0v) is 28.5. The molecule has 0 aliphatic carbocycles. The van der Waals surface area contributed by atoms with Gasteiger partial charge in [0, 0.05) is 73.6 Å². The van der Waals surface area contributed by atoms with E-state index in [4.69, 9.17) is 46.4 Å². The van der Waals surface area contributed by atoms with Gasteiger partial charge in [-0.15, -0.1) is 0 Å². The van der Waals surface area contributed by atoms with Crippen LogP contribution in [0.2, 0.25) is 20.1 Å². The summed E-state index contributed by atoms with van der Waals surface area (Å²) >= 11 is 24.8. The summed E-state index contributed by atoms with van der Waals surface area (Å²) in [5.41, 5.74) is 1.54. The summed E-state index contributed by atoms with van der Waals surface area (Å²) in [4.78, 5) is 44.1. The molecule has 2 heterocycles. The number of hydrogen-bond donors (Lipinski definition) is 2. The number of nitrogens with one attached hydrogen (secondary N) is 1. The molecular formula is C32H39Cl4N5O4. The highest BCUT2D eigenvalue weighted by molar-refractivity contribution is 6.42. The van der Waals surface area contributed by atoms with Crippen molar-refractivity contribution in [3.63, 3.8) is 0 Å². The molecule has 3 amide bonds. The first kappa shape index (κ1) is 35.3. The first-order chi connectivity index (χ1) is 21.5. The third-order valence-electron chi connectivity index (χ3n) is 8.76. The Balaban J connectivity index is 1.42. The Kier molecular flexibility index (Phi) is 12.8. The highest BCUT2D eigenvalue weighted by atomic mass is 35.5. The molecule has 2 atom stereocenters. The van der Waals surface area contributed by atoms with Crippen molar-refractivity contribution in [1.29, 1.82) is 0 Å². The molecule has 2 aliphatic rings. The number of benzene rings is 2. The minimum atomic E-state index is -0.352. The summed E-state index contributed by atoms with van der Waals surface area (Å²) in [5.74, 6) is -0.932. The Morgan fingerprint density at radius 1 is 1.02 bits per heavy atom. The van der Waals surface area contributed by atoms with Gasteiger partial charge in [-0.05, 0) is 74.5 Å². The monoisotopic (exact) mass is 697 g/mol. The molecule has 2 saturated heterocycles. The van der Waals surface area contributed by atoms with Gasteiger partial charge in [-0.1, -0.05) is 57.6 Å². The summed E-state index contributed by atoms with van der Waals surface area (Å²) in [6.07, 6.45) is 4.18. The fourth-order valence-electron chi connectivity index (χ4n) is 6.30. The number of carbonyl (C=O) groups excluding carboxylic acids is 3. The largest absolute Gasteiger partial charge is 0.411 e. The normalized spacial score (nSPS) is 19.0. The zero-order chi connectivity index (χ0) is 32.7. The van der Waals surface area contributed by atoms with Crippen LogP contribution >= 0.6 is 46.4 Å². The van der Waals surface area contributed by atoms with E-state index in [0.29, 0.717) is 44.3 Å². The van der Waals surface area contributed by atoms with E-state index in [1.165, 1.54) is 4.90 Å². The van der Waals surface area contributed by atoms with E-state index in [1.807, 2.05) is 11.0 Å². The molecule has 4 rings (SSSR count). The summed E-state index contributed by atoms with van der Waals surface area (Å²) < 4.78 is 0. The summed E-state index contributed by atoms with van der Waals surface area (Å²) in [5, 5.41) is 18.0. The molecule has 0 saturated carbocycles. The number of nitrogens with zero attached hydrogens (tertiary/aromatic N) is 4. The molecule has 45 heavy (non-hydrogen) atoms. The molecule has 0 spiro atoms. The van der Waals surface area contributed by atoms with Crippen molar-refractivity contribution < 1.29 is 19.6 Å². The van der Waals surface area contributed by atoms with Gasteiger partial charge in [-0.2, -0.15) is 0 Å². The number of hydrogen-bond acceptors (Lipinski definition) is 6. The minimum Gasteiger partial charge on any atom is -0.411 e. The number of amides is 3. The molecule has 2 aromatic carbocycles. The molecule has 9 nitrogen and oxygen atoms in total. The fraction of sp³-hybridized carbons (Fsp3) is 0.500. The number of carbonyl (C=O) groups is 3. The van der Waals surface area contributed by atoms with E-state index in [0.717, 1.165) is 50.9 Å². The topological polar surface area (TPSA) is 106 Å². The fourth-order valence-corrected chi connectivity index (χ4v) is 7.13. The molecule has 0 radical (unpaired) electrons. The highest BCUT2D eigenvalue weighted by Crippen LogP contribution is 2.31. The Morgan fingerprint density at radius 3 is 2.33 bits per heavy atom. The van der Waals surface area contributed by atoms with Crippen molar-refractivity contribution in [2.45, 2.75) is 50.5 Å². The van der Waals surface area contributed by atoms with Crippen LogP contribution in [0.1, 0.15) is 60.4 Å². The lowest BCUT2D eigenvalue weighted by molar-refractivity contribution is -0.144. The second-order valence-electron chi connectivity index (χ2n) is 11.7. The van der Waals surface area contributed by atoms with Gasteiger partial charge < -0.3 is 25.2 Å². The Bertz CT molecular complexity index is 1400. The van der Waals surface area contributed by atoms with Gasteiger partial charge in [0.15, 0.2) is 0 Å². The van der Waals surface area contributed by atoms with Crippen LogP contribution < -0.4 is 5.32 Å². The van der Waals surface area contributed by atoms with Crippen LogP contribution in [-0.2, 0) is 9.59 Å². The van der Waals surface area contributed by atoms with Crippen LogP contribution in [0.15, 0.2) is 41.6 Å². The van der Waals surface area contributed by atoms with Crippen molar-refractivity contribution in [3.8, 4) is 0 Å². The molecule has 0 unspecified atom stereocenters. The lowest BCUT2D eigenvalue weighted by Gasteiger charge is -2.42. The molecule has 2 fully saturated rings. The maximum absolute atomic E-state index is 13.2. The molecule has 2 N–H and O–H groups in total. The van der Waals surface area contributed by atoms with Crippen molar-refractivity contribution in [2.75, 3.05) is 46.8 Å². The highest BCUT2D eigenvalue weighted by Gasteiger charge is 2.36. The maximum Gasteiger partial charge on any atom is 0.254 e. The van der Waals surface area contributed by atoms with Crippen LogP contribution in [0.25, 0.3) is 0 Å². The lowest BCUT2D eigenvalue weighted by atomic mass is 9.89. The van der Waals surface area contributed by atoms with E-state index < -0.39 is 0 Å². The van der Waals surface area contributed by atoms with Gasteiger partial charge in [-0.25, -0.2) is 0 Å². The number of halogens is 4. The number of piperidine rings is 2. The van der Waals surface area contributed by atoms with Crippen LogP contribution in [-0.4, -0.2) is 96.2 Å². The summed E-state index contributed by atoms with van der Waals surface area (Å²) in [7, 11) is 3.22. The Hall–Kier alpha value is -2.56. The van der Waals surface area contributed by atoms with Crippen molar-refractivity contribution >= 4 is 69.8 Å². The quantitative estimate of drug-likeness (QED) is 0.165. The van der Waals surface area contributed by atoms with E-state index in [2.05, 4.69) is 15.4 Å². The van der Waals surface area contributed by atoms with E-state index >= 15 is 0 Å². The molecule has 2 aliphatic heterocycles. The lowest BCUT2D eigenvalue weighted by Crippen LogP contribution is -2.52. The Morgan fingerprint density at radius 2 is 1.71 bits per heavy atom. The summed E-state index contributed by atoms with van der Waals surface area (Å²) in [6, 6.07) is 10.1. The minimum absolute atomic E-state index is 0.0563. The average molecular weight is 700 g/mol. The number of likely N-dealkylation sites (tertiary alicyclic amines) is 2. The molecule has 2 aromatic rings. The van der Waals surface area contributed by atoms with Gasteiger partial charge in [0.25, 0.3) is 5.91 Å². The van der Waals surface area contributed by atoms with Gasteiger partial charge in [0.05, 0.1) is 22.3 Å². The maximum atomic E-state index is 13.2. The van der Waals surface area contributed by atoms with Crippen molar-refractivity contribution in [2.24, 2.45) is 11.1 Å². The predicted molar refractivity (Wildman–Crippen MR) is 179 cm³/mol. The molecule has 0 bridgehead atoms. The van der Waals surface area contributed by atoms with Gasteiger partial charge in [0.1, 0.15) is 0 Å². The SMILES string of the molecule is CNC(=O)C[C@H]1CCCN(C2CCN(CC[C@@H](/C(CN(C)C(=O)c3cc(Cl)cc(Cl)c3)=N/O)c3ccc(Cl)c(Cl)c3)CC2)C1=O. The van der Waals surface area contributed by atoms with Crippen LogP contribution in [0.5, 0.6) is 0 Å². The third kappa shape index (κ3) is 9.26. The Labute approximate surface area is 284 Å². The van der Waals surface area contributed by atoms with Crippen LogP contribution in [0, 0.1) is 5.92 Å². The standard InChI is InChI=1S/C32H39Cl4N5O4/c1-37-30(42)17-21-4-3-10-41(32(21)44)25-7-11-40(12-8-25)13-9-26(20-5-6-27(35)28(36)16-20)29(38-45)19-39(2)31(43)22-14-23(33)18-24(34)15-22/h5-6,14-16,18,21,25-26,45H,3-4,7-13,17,19H2,1-2H3,(H,37,42)/b38-29+/t21-,26-/m1/s1. The van der Waals surface area contributed by atoms with E-state index in [9.17, 15) is 19.6 Å². The molecule has 244 valence electrons. The zero-order valence-electron chi connectivity index (χ0n) is 25.4. The molecule has 13 heteroatoms. The van der Waals surface area contributed by atoms with Crippen LogP contribution in [0.3, 0.4) is 0 Å². The van der Waals surface area contributed by atoms with Crippen molar-refractivity contribution in [1.82, 2.24) is 20.0 Å². The van der Waals surface area contributed by atoms with Crippen LogP contribution in [0.4, 0.5) is 0 Å². The average Bonchev–Trinajstić information content (AvgIpc) is 3.02. The third-order valence-corrected chi connectivity index (χ3v) is 9.93. The van der Waals surface area contributed by atoms with Gasteiger partial charge in [0.2, 0.25) is 11.8 Å². The number of oxime groups is 1. The second-order valence-corrected chi connectivity index (χ2v) is 13.4. The van der Waals surface area contributed by atoms with Gasteiger partial charge >= 0.3 is 0 Å². The first-order valence-corrected chi connectivity index (χ1v) is 16.6. The smallest absolute Gasteiger partial charge is 0.254 e. The molecular weight excluding hydrogens is 660 g/mol. The first-order valence-electron chi connectivity index (χ1n) is 15.1. The van der Waals surface area contributed by atoms with E-state index in [-0.39, 0.29) is 48.6 Å². The number of rotatable bonds is 11.